The highest BCUT2D eigenvalue weighted by molar-refractivity contribution is 6.03. The van der Waals surface area contributed by atoms with E-state index in [0.29, 0.717) is 37.9 Å². The summed E-state index contributed by atoms with van der Waals surface area (Å²) in [5.41, 5.74) is -1.28. The first-order valence-electron chi connectivity index (χ1n) is 8.37. The number of carbonyl (C=O) groups excluding carboxylic acids is 2. The van der Waals surface area contributed by atoms with Crippen LogP contribution in [0, 0.1) is 10.8 Å². The number of unbranched alkanes of at least 4 members (excludes halogenated alkanes) is 1. The molecule has 1 unspecified atom stereocenters. The molecule has 0 radical (unpaired) electrons. The number of benzene rings is 1. The predicted octanol–water partition coefficient (Wildman–Crippen LogP) is 3.56. The van der Waals surface area contributed by atoms with Gasteiger partial charge in [0.05, 0.1) is 7.11 Å². The van der Waals surface area contributed by atoms with Gasteiger partial charge in [-0.25, -0.2) is 4.79 Å². The van der Waals surface area contributed by atoms with Crippen LogP contribution < -0.4 is 4.90 Å². The van der Waals surface area contributed by atoms with Gasteiger partial charge < -0.3 is 14.7 Å². The first-order chi connectivity index (χ1) is 12.5. The molecule has 2 rings (SSSR count). The van der Waals surface area contributed by atoms with E-state index in [2.05, 4.69) is 16.3 Å². The molecule has 1 aliphatic heterocycles. The minimum Gasteiger partial charge on any atom is -0.504 e. The molecule has 1 aliphatic rings. The van der Waals surface area contributed by atoms with E-state index >= 15 is 0 Å². The Labute approximate surface area is 152 Å². The maximum Gasteiger partial charge on any atom is 0.506 e. The molecule has 7 heteroatoms. The molecule has 0 aliphatic carbocycles. The zero-order valence-electron chi connectivity index (χ0n) is 14.7. The van der Waals surface area contributed by atoms with Gasteiger partial charge in [0.25, 0.3) is 0 Å². The molecule has 1 heterocycles. The molecule has 0 aromatic heterocycles. The third-order valence-corrected chi connectivity index (χ3v) is 4.65. The Kier molecular flexibility index (Phi) is 6.12. The van der Waals surface area contributed by atoms with E-state index in [9.17, 15) is 20.1 Å². The second-order valence-corrected chi connectivity index (χ2v) is 6.09. The molecule has 1 atom stereocenters. The van der Waals surface area contributed by atoms with Gasteiger partial charge in [-0.1, -0.05) is 24.3 Å². The molecule has 1 N–H and O–H groups in total. The lowest BCUT2D eigenvalue weighted by molar-refractivity contribution is -0.136. The maximum absolute atomic E-state index is 13.2. The largest absolute Gasteiger partial charge is 0.506 e. The number of carbonyl (C=O) groups is 2. The number of aliphatic hydroxyl groups is 1. The Morgan fingerprint density at radius 2 is 2.15 bits per heavy atom. The number of aliphatic hydroxyl groups excluding tert-OH is 1. The fraction of sp³-hybridized carbons (Fsp3) is 0.368. The van der Waals surface area contributed by atoms with Crippen molar-refractivity contribution in [2.24, 2.45) is 5.41 Å². The quantitative estimate of drug-likeness (QED) is 0.201. The third kappa shape index (κ3) is 3.45. The molecule has 1 saturated heterocycles. The molecule has 0 bridgehead atoms. The summed E-state index contributed by atoms with van der Waals surface area (Å²) in [5, 5.41) is 19.9. The number of hydrogen-bond acceptors (Lipinski definition) is 5. The number of nitrogens with zero attached hydrogens (tertiary/aromatic N) is 3. The summed E-state index contributed by atoms with van der Waals surface area (Å²) in [4.78, 5) is 29.5. The molecule has 0 spiro atoms. The molecule has 7 nitrogen and oxygen atoms in total. The zero-order valence-corrected chi connectivity index (χ0v) is 14.7. The number of ether oxygens (including phenoxy) is 1. The van der Waals surface area contributed by atoms with Crippen LogP contribution in [0.2, 0.25) is 0 Å². The van der Waals surface area contributed by atoms with Crippen LogP contribution in [0.1, 0.15) is 25.7 Å². The lowest BCUT2D eigenvalue weighted by Gasteiger charge is -2.25. The fourth-order valence-corrected chi connectivity index (χ4v) is 3.25. The van der Waals surface area contributed by atoms with Gasteiger partial charge in [-0.2, -0.15) is 0 Å². The number of esters is 1. The number of hydrogen-bond donors (Lipinski definition) is 1. The number of methoxy groups -OCH3 is 1. The van der Waals surface area contributed by atoms with E-state index in [0.717, 1.165) is 7.11 Å². The minimum atomic E-state index is -1.34. The molecular weight excluding hydrogens is 334 g/mol. The van der Waals surface area contributed by atoms with E-state index in [-0.39, 0.29) is 5.91 Å². The Balaban J connectivity index is 2.48. The lowest BCUT2D eigenvalue weighted by atomic mass is 9.78. The fourth-order valence-electron chi connectivity index (χ4n) is 3.25. The summed E-state index contributed by atoms with van der Waals surface area (Å²) in [5.74, 6) is -1.89. The second-order valence-electron chi connectivity index (χ2n) is 6.09. The number of diazo groups is 1. The molecule has 136 valence electrons. The van der Waals surface area contributed by atoms with Gasteiger partial charge in [0.15, 0.2) is 4.98 Å². The van der Waals surface area contributed by atoms with Crippen molar-refractivity contribution >= 4 is 17.6 Å². The number of rotatable bonds is 7. The van der Waals surface area contributed by atoms with Crippen LogP contribution in [-0.4, -0.2) is 30.6 Å². The maximum atomic E-state index is 13.2. The standard InChI is InChI=1S/C19H21N3O4/c1-3-4-8-11-19(16(23)15(21-20)17(24)26-2)12-13-22(18(19)25)14-9-6-5-7-10-14/h3,5-7,9-10H,1,4,8,11-13H2,2H3/p+1. The Morgan fingerprint density at radius 3 is 2.73 bits per heavy atom. The number of allylic oxidation sites excluding steroid dienone is 1. The first-order valence-corrected chi connectivity index (χ1v) is 8.37. The average Bonchev–Trinajstić information content (AvgIpc) is 3.00. The molecule has 1 aromatic rings. The van der Waals surface area contributed by atoms with Crippen molar-refractivity contribution in [3.05, 3.63) is 59.4 Å². The average molecular weight is 356 g/mol. The van der Waals surface area contributed by atoms with E-state index in [1.807, 2.05) is 18.2 Å². The van der Waals surface area contributed by atoms with E-state index < -0.39 is 22.8 Å². The van der Waals surface area contributed by atoms with Crippen molar-refractivity contribution in [3.63, 3.8) is 0 Å². The Hall–Kier alpha value is -3.14. The first kappa shape index (κ1) is 19.2. The van der Waals surface area contributed by atoms with Gasteiger partial charge in [0, 0.05) is 12.2 Å². The SMILES string of the molecule is C=CCCCC1(/C(O)=C(\[N+]#N)C(=O)OC)CCN(c2ccccc2)C1=O. The van der Waals surface area contributed by atoms with E-state index in [1.54, 1.807) is 23.1 Å². The molecule has 26 heavy (non-hydrogen) atoms. The number of anilines is 1. The lowest BCUT2D eigenvalue weighted by Crippen LogP contribution is -2.37. The minimum absolute atomic E-state index is 0.291. The highest BCUT2D eigenvalue weighted by Crippen LogP contribution is 2.45. The van der Waals surface area contributed by atoms with Gasteiger partial charge in [-0.3, -0.25) is 4.79 Å². The van der Waals surface area contributed by atoms with Crippen LogP contribution in [0.25, 0.3) is 4.98 Å². The third-order valence-electron chi connectivity index (χ3n) is 4.65. The Morgan fingerprint density at radius 1 is 1.46 bits per heavy atom. The summed E-state index contributed by atoms with van der Waals surface area (Å²) in [6.07, 6.45) is 3.54. The summed E-state index contributed by atoms with van der Waals surface area (Å²) in [6, 6.07) is 9.09. The van der Waals surface area contributed by atoms with E-state index in [1.165, 1.54) is 0 Å². The number of amides is 1. The summed E-state index contributed by atoms with van der Waals surface area (Å²) < 4.78 is 4.55. The van der Waals surface area contributed by atoms with Crippen molar-refractivity contribution in [3.8, 4) is 0 Å². The van der Waals surface area contributed by atoms with Crippen molar-refractivity contribution < 1.29 is 19.4 Å². The molecule has 1 aromatic carbocycles. The van der Waals surface area contributed by atoms with Gasteiger partial charge >= 0.3 is 11.7 Å². The van der Waals surface area contributed by atoms with Gasteiger partial charge in [-0.05, 0) is 37.8 Å². The molecule has 1 fully saturated rings. The van der Waals surface area contributed by atoms with Crippen LogP contribution in [0.15, 0.2) is 54.4 Å². The van der Waals surface area contributed by atoms with Crippen LogP contribution in [-0.2, 0) is 14.3 Å². The van der Waals surface area contributed by atoms with Crippen molar-refractivity contribution in [2.45, 2.75) is 25.7 Å². The van der Waals surface area contributed by atoms with Crippen LogP contribution in [0.3, 0.4) is 0 Å². The van der Waals surface area contributed by atoms with E-state index in [4.69, 9.17) is 0 Å². The zero-order chi connectivity index (χ0) is 19.2. The van der Waals surface area contributed by atoms with Crippen LogP contribution >= 0.6 is 0 Å². The molecule has 1 amide bonds. The topological polar surface area (TPSA) is 95.0 Å². The summed E-state index contributed by atoms with van der Waals surface area (Å²) in [7, 11) is 1.11. The van der Waals surface area contributed by atoms with Crippen LogP contribution in [0.4, 0.5) is 5.69 Å². The van der Waals surface area contributed by atoms with Gasteiger partial charge in [0.1, 0.15) is 5.41 Å². The van der Waals surface area contributed by atoms with Crippen molar-refractivity contribution in [1.29, 1.82) is 5.39 Å². The number of para-hydroxylation sites is 1. The summed E-state index contributed by atoms with van der Waals surface area (Å²) >= 11 is 0. The molecular formula is C19H22N3O4+. The van der Waals surface area contributed by atoms with Crippen molar-refractivity contribution in [2.75, 3.05) is 18.6 Å². The predicted molar refractivity (Wildman–Crippen MR) is 96.6 cm³/mol. The monoisotopic (exact) mass is 356 g/mol. The van der Waals surface area contributed by atoms with Gasteiger partial charge in [0.2, 0.25) is 17.1 Å². The normalized spacial score (nSPS) is 20.3. The second kappa shape index (κ2) is 8.30. The smallest absolute Gasteiger partial charge is 0.504 e. The highest BCUT2D eigenvalue weighted by atomic mass is 16.5. The van der Waals surface area contributed by atoms with Crippen molar-refractivity contribution in [1.82, 2.24) is 0 Å². The molecule has 0 saturated carbocycles. The van der Waals surface area contributed by atoms with Gasteiger partial charge in [-0.15, -0.1) is 6.58 Å². The summed E-state index contributed by atoms with van der Waals surface area (Å²) in [6.45, 7) is 4.04. The highest BCUT2D eigenvalue weighted by Gasteiger charge is 2.55. The van der Waals surface area contributed by atoms with Crippen LogP contribution in [0.5, 0.6) is 0 Å². The Bertz CT molecular complexity index is 767.